The number of hydrogen-bond donors (Lipinski definition) is 2. The number of nitrogens with zero attached hydrogens (tertiary/aromatic N) is 2. The van der Waals surface area contributed by atoms with E-state index in [9.17, 15) is 9.59 Å². The fourth-order valence-electron chi connectivity index (χ4n) is 2.07. The number of nitrogens with two attached hydrogens (primary N) is 1. The number of carboxylic acid groups (broad SMARTS) is 1. The smallest absolute Gasteiger partial charge is 0.306 e. The summed E-state index contributed by atoms with van der Waals surface area (Å²) < 4.78 is 0. The normalized spacial score (nSPS) is 16.6. The van der Waals surface area contributed by atoms with Gasteiger partial charge in [-0.2, -0.15) is 0 Å². The molecule has 1 fully saturated rings. The third-order valence-electron chi connectivity index (χ3n) is 3.20. The first-order valence-corrected chi connectivity index (χ1v) is 5.81. The molecule has 1 aromatic heterocycles. The monoisotopic (exact) mass is 249 g/mol. The SMILES string of the molecule is NC(=O)c1ccc(N2CCC(C(=O)O)CC2)nc1. The van der Waals surface area contributed by atoms with E-state index >= 15 is 0 Å². The van der Waals surface area contributed by atoms with Crippen LogP contribution in [0.4, 0.5) is 5.82 Å². The number of carbonyl (C=O) groups excluding carboxylic acids is 1. The lowest BCUT2D eigenvalue weighted by atomic mass is 9.97. The minimum atomic E-state index is -0.730. The Hall–Kier alpha value is -2.11. The van der Waals surface area contributed by atoms with Crippen molar-refractivity contribution in [1.29, 1.82) is 0 Å². The average Bonchev–Trinajstić information content (AvgIpc) is 2.39. The number of aliphatic carboxylic acids is 1. The zero-order valence-corrected chi connectivity index (χ0v) is 9.87. The number of pyridine rings is 1. The van der Waals surface area contributed by atoms with Gasteiger partial charge in [-0.15, -0.1) is 0 Å². The fraction of sp³-hybridized carbons (Fsp3) is 0.417. The lowest BCUT2D eigenvalue weighted by Gasteiger charge is -2.30. The molecule has 6 heteroatoms. The molecular formula is C12H15N3O3. The Morgan fingerprint density at radius 1 is 1.33 bits per heavy atom. The van der Waals surface area contributed by atoms with Crippen LogP contribution in [0.2, 0.25) is 0 Å². The number of amides is 1. The second kappa shape index (κ2) is 5.03. The molecule has 0 aliphatic carbocycles. The van der Waals surface area contributed by atoms with Crippen LogP contribution in [0.5, 0.6) is 0 Å². The molecule has 3 N–H and O–H groups in total. The number of anilines is 1. The molecule has 0 bridgehead atoms. The van der Waals surface area contributed by atoms with Gasteiger partial charge in [0.1, 0.15) is 5.82 Å². The summed E-state index contributed by atoms with van der Waals surface area (Å²) in [7, 11) is 0. The molecule has 1 aliphatic heterocycles. The van der Waals surface area contributed by atoms with Gasteiger partial charge in [0.25, 0.3) is 0 Å². The lowest BCUT2D eigenvalue weighted by Crippen LogP contribution is -2.36. The molecule has 1 saturated heterocycles. The molecule has 0 aromatic carbocycles. The molecule has 0 atom stereocenters. The van der Waals surface area contributed by atoms with E-state index in [1.807, 2.05) is 4.90 Å². The van der Waals surface area contributed by atoms with Gasteiger partial charge in [-0.05, 0) is 25.0 Å². The first-order chi connectivity index (χ1) is 8.58. The number of aromatic nitrogens is 1. The summed E-state index contributed by atoms with van der Waals surface area (Å²) in [5, 5.41) is 8.91. The first kappa shape index (κ1) is 12.3. The van der Waals surface area contributed by atoms with Crippen LogP contribution in [0.15, 0.2) is 18.3 Å². The van der Waals surface area contributed by atoms with E-state index < -0.39 is 11.9 Å². The molecule has 0 radical (unpaired) electrons. The highest BCUT2D eigenvalue weighted by Gasteiger charge is 2.24. The Morgan fingerprint density at radius 3 is 2.44 bits per heavy atom. The quantitative estimate of drug-likeness (QED) is 0.812. The van der Waals surface area contributed by atoms with Gasteiger partial charge >= 0.3 is 5.97 Å². The number of carboxylic acids is 1. The number of hydrogen-bond acceptors (Lipinski definition) is 4. The Morgan fingerprint density at radius 2 is 2.00 bits per heavy atom. The largest absolute Gasteiger partial charge is 0.481 e. The third-order valence-corrected chi connectivity index (χ3v) is 3.20. The van der Waals surface area contributed by atoms with Crippen LogP contribution in [0.25, 0.3) is 0 Å². The number of rotatable bonds is 3. The number of piperidine rings is 1. The molecule has 2 heterocycles. The zero-order chi connectivity index (χ0) is 13.1. The molecule has 6 nitrogen and oxygen atoms in total. The summed E-state index contributed by atoms with van der Waals surface area (Å²) in [4.78, 5) is 27.9. The van der Waals surface area contributed by atoms with Crippen molar-refractivity contribution in [3.8, 4) is 0 Å². The van der Waals surface area contributed by atoms with Gasteiger partial charge in [-0.3, -0.25) is 9.59 Å². The van der Waals surface area contributed by atoms with Crippen LogP contribution in [-0.2, 0) is 4.79 Å². The molecule has 1 aromatic rings. The van der Waals surface area contributed by atoms with E-state index in [-0.39, 0.29) is 5.92 Å². The van der Waals surface area contributed by atoms with Crippen LogP contribution < -0.4 is 10.6 Å². The van der Waals surface area contributed by atoms with Crippen LogP contribution in [0.1, 0.15) is 23.2 Å². The molecule has 96 valence electrons. The second-order valence-electron chi connectivity index (χ2n) is 4.37. The maximum absolute atomic E-state index is 10.9. The molecule has 0 saturated carbocycles. The third kappa shape index (κ3) is 2.58. The van der Waals surface area contributed by atoms with E-state index in [1.54, 1.807) is 12.1 Å². The van der Waals surface area contributed by atoms with E-state index in [2.05, 4.69) is 4.98 Å². The Labute approximate surface area is 104 Å². The van der Waals surface area contributed by atoms with E-state index in [4.69, 9.17) is 10.8 Å². The van der Waals surface area contributed by atoms with Crippen molar-refractivity contribution in [2.45, 2.75) is 12.8 Å². The summed E-state index contributed by atoms with van der Waals surface area (Å²) >= 11 is 0. The van der Waals surface area contributed by atoms with Crippen molar-refractivity contribution in [2.75, 3.05) is 18.0 Å². The molecule has 18 heavy (non-hydrogen) atoms. The fourth-order valence-corrected chi connectivity index (χ4v) is 2.07. The van der Waals surface area contributed by atoms with E-state index in [1.165, 1.54) is 6.20 Å². The Kier molecular flexibility index (Phi) is 3.45. The summed E-state index contributed by atoms with van der Waals surface area (Å²) in [5.74, 6) is -0.736. The molecule has 2 rings (SSSR count). The predicted octanol–water partition coefficient (Wildman–Crippen LogP) is 0.481. The maximum atomic E-state index is 10.9. The Bertz CT molecular complexity index is 450. The highest BCUT2D eigenvalue weighted by atomic mass is 16.4. The van der Waals surface area contributed by atoms with Crippen molar-refractivity contribution in [3.05, 3.63) is 23.9 Å². The highest BCUT2D eigenvalue weighted by Crippen LogP contribution is 2.21. The topological polar surface area (TPSA) is 96.5 Å². The molecule has 0 spiro atoms. The Balaban J connectivity index is 2.01. The van der Waals surface area contributed by atoms with Gasteiger partial charge in [0, 0.05) is 19.3 Å². The molecule has 1 amide bonds. The van der Waals surface area contributed by atoms with Gasteiger partial charge in [0.15, 0.2) is 0 Å². The maximum Gasteiger partial charge on any atom is 0.306 e. The average molecular weight is 249 g/mol. The van der Waals surface area contributed by atoms with Gasteiger partial charge < -0.3 is 15.7 Å². The predicted molar refractivity (Wildman–Crippen MR) is 65.3 cm³/mol. The standard InChI is InChI=1S/C12H15N3O3/c13-11(16)9-1-2-10(14-7-9)15-5-3-8(4-6-15)12(17)18/h1-2,7-8H,3-6H2,(H2,13,16)(H,17,18). The van der Waals surface area contributed by atoms with E-state index in [0.717, 1.165) is 5.82 Å². The summed E-state index contributed by atoms with van der Waals surface area (Å²) in [6.07, 6.45) is 2.68. The molecular weight excluding hydrogens is 234 g/mol. The van der Waals surface area contributed by atoms with Gasteiger partial charge in [-0.25, -0.2) is 4.98 Å². The minimum absolute atomic E-state index is 0.258. The number of carbonyl (C=O) groups is 2. The summed E-state index contributed by atoms with van der Waals surface area (Å²) in [6.45, 7) is 1.33. The van der Waals surface area contributed by atoms with Gasteiger partial charge in [-0.1, -0.05) is 0 Å². The second-order valence-corrected chi connectivity index (χ2v) is 4.37. The highest BCUT2D eigenvalue weighted by molar-refractivity contribution is 5.92. The van der Waals surface area contributed by atoms with Crippen LogP contribution in [0, 0.1) is 5.92 Å². The molecule has 0 unspecified atom stereocenters. The zero-order valence-electron chi connectivity index (χ0n) is 9.87. The van der Waals surface area contributed by atoms with Crippen molar-refractivity contribution in [1.82, 2.24) is 4.98 Å². The van der Waals surface area contributed by atoms with E-state index in [0.29, 0.717) is 31.5 Å². The van der Waals surface area contributed by atoms with Crippen molar-refractivity contribution in [2.24, 2.45) is 11.7 Å². The van der Waals surface area contributed by atoms with Gasteiger partial charge in [0.05, 0.1) is 11.5 Å². The van der Waals surface area contributed by atoms with Crippen LogP contribution in [0.3, 0.4) is 0 Å². The summed E-state index contributed by atoms with van der Waals surface area (Å²) in [6, 6.07) is 3.37. The first-order valence-electron chi connectivity index (χ1n) is 5.81. The van der Waals surface area contributed by atoms with Crippen molar-refractivity contribution < 1.29 is 14.7 Å². The lowest BCUT2D eigenvalue weighted by molar-refractivity contribution is -0.142. The van der Waals surface area contributed by atoms with Crippen molar-refractivity contribution >= 4 is 17.7 Å². The minimum Gasteiger partial charge on any atom is -0.481 e. The molecule has 1 aliphatic rings. The van der Waals surface area contributed by atoms with Crippen LogP contribution >= 0.6 is 0 Å². The van der Waals surface area contributed by atoms with Crippen LogP contribution in [-0.4, -0.2) is 35.1 Å². The van der Waals surface area contributed by atoms with Crippen molar-refractivity contribution in [3.63, 3.8) is 0 Å². The van der Waals surface area contributed by atoms with Gasteiger partial charge in [0.2, 0.25) is 5.91 Å². The summed E-state index contributed by atoms with van der Waals surface area (Å²) in [5.41, 5.74) is 5.51. The number of primary amides is 1.